The Balaban J connectivity index is 1.49. The van der Waals surface area contributed by atoms with Crippen molar-refractivity contribution < 1.29 is 43.5 Å². The smallest absolute Gasteiger partial charge is 0.352 e. The summed E-state index contributed by atoms with van der Waals surface area (Å²) < 4.78 is 12.5. The number of aromatic nitrogens is 5. The van der Waals surface area contributed by atoms with Crippen LogP contribution < -0.4 is 10.6 Å². The number of fused-ring (bicyclic) bond motifs is 1. The second-order valence-electron chi connectivity index (χ2n) is 7.95. The summed E-state index contributed by atoms with van der Waals surface area (Å²) in [6.07, 6.45) is -0.282. The van der Waals surface area contributed by atoms with Crippen LogP contribution in [0.15, 0.2) is 27.0 Å². The molecule has 214 valence electrons. The van der Waals surface area contributed by atoms with Crippen molar-refractivity contribution in [2.24, 2.45) is 12.2 Å². The summed E-state index contributed by atoms with van der Waals surface area (Å²) in [5, 5.41) is 30.7. The van der Waals surface area contributed by atoms with Gasteiger partial charge in [-0.25, -0.2) is 14.5 Å². The molecule has 0 bridgehead atoms. The predicted octanol–water partition coefficient (Wildman–Crippen LogP) is -1.34. The third kappa shape index (κ3) is 6.67. The number of nitrogens with zero attached hydrogens (tertiary/aromatic N) is 7. The molecule has 0 radical (unpaired) electrons. The van der Waals surface area contributed by atoms with Gasteiger partial charge in [-0.15, -0.1) is 28.2 Å². The maximum absolute atomic E-state index is 13.1. The molecule has 1 unspecified atom stereocenters. The first-order valence-corrected chi connectivity index (χ1v) is 15.7. The first-order chi connectivity index (χ1) is 19.0. The number of rotatable bonds is 13. The van der Waals surface area contributed by atoms with Crippen molar-refractivity contribution in [3.05, 3.63) is 22.3 Å². The van der Waals surface area contributed by atoms with E-state index in [0.29, 0.717) is 17.1 Å². The SMILES string of the molecule is Cn1nnnc1SCC1=C(C(=O)O)N2C(=O)C(NC(=O)C(=NOCCP(=O)(O)O)c3csc(NC=O)n3)[C@H]2SC1. The molecule has 4 heterocycles. The first-order valence-electron chi connectivity index (χ1n) is 11.0. The minimum atomic E-state index is -4.39. The molecule has 18 nitrogen and oxygen atoms in total. The van der Waals surface area contributed by atoms with Gasteiger partial charge in [-0.05, 0) is 16.0 Å². The highest BCUT2D eigenvalue weighted by atomic mass is 32.2. The molecular weight excluding hydrogens is 613 g/mol. The predicted molar refractivity (Wildman–Crippen MR) is 140 cm³/mol. The third-order valence-corrected chi connectivity index (χ3v) is 9.24. The number of nitrogens with one attached hydrogen (secondary N) is 2. The van der Waals surface area contributed by atoms with Crippen LogP contribution in [-0.2, 0) is 35.6 Å². The van der Waals surface area contributed by atoms with Crippen LogP contribution in [0.3, 0.4) is 0 Å². The standard InChI is InChI=1S/C18H20N9O9PS3/c1-26-18(22-24-25-26)40-5-8-4-38-15-11(14(30)27(15)12(8)16(31)32)21-13(29)10(23-36-2-3-37(33,34)35)9-6-39-17(20-9)19-7-28/h6-7,11,15H,2-5H2,1H3,(H,21,29)(H,31,32)(H,19,20,28)(H2,33,34,35)/t11?,15-/m1/s1. The Morgan fingerprint density at radius 2 is 2.17 bits per heavy atom. The van der Waals surface area contributed by atoms with Crippen molar-refractivity contribution in [1.82, 2.24) is 35.4 Å². The third-order valence-electron chi connectivity index (χ3n) is 5.27. The van der Waals surface area contributed by atoms with Crippen LogP contribution in [-0.4, -0.2) is 111 Å². The lowest BCUT2D eigenvalue weighted by molar-refractivity contribution is -0.150. The Morgan fingerprint density at radius 1 is 1.40 bits per heavy atom. The number of aryl methyl sites for hydroxylation is 1. The quantitative estimate of drug-likeness (QED) is 0.0326. The molecule has 4 rings (SSSR count). The topological polar surface area (TPSA) is 251 Å². The molecule has 2 aliphatic rings. The molecule has 0 aliphatic carbocycles. The second kappa shape index (κ2) is 12.4. The van der Waals surface area contributed by atoms with Crippen molar-refractivity contribution in [3.63, 3.8) is 0 Å². The molecule has 40 heavy (non-hydrogen) atoms. The zero-order chi connectivity index (χ0) is 29.0. The zero-order valence-corrected chi connectivity index (χ0v) is 23.6. The van der Waals surface area contributed by atoms with E-state index < -0.39 is 55.3 Å². The number of oxime groups is 1. The van der Waals surface area contributed by atoms with Crippen LogP contribution in [0.4, 0.5) is 5.13 Å². The van der Waals surface area contributed by atoms with E-state index in [1.807, 2.05) is 0 Å². The normalized spacial score (nSPS) is 19.1. The van der Waals surface area contributed by atoms with E-state index in [0.717, 1.165) is 16.2 Å². The number of carbonyl (C=O) groups is 4. The number of aliphatic carboxylic acids is 1. The van der Waals surface area contributed by atoms with Gasteiger partial charge >= 0.3 is 13.6 Å². The van der Waals surface area contributed by atoms with E-state index in [1.165, 1.54) is 33.6 Å². The summed E-state index contributed by atoms with van der Waals surface area (Å²) in [6.45, 7) is -0.517. The molecule has 0 saturated carbocycles. The zero-order valence-electron chi connectivity index (χ0n) is 20.2. The van der Waals surface area contributed by atoms with Gasteiger partial charge in [0.1, 0.15) is 29.4 Å². The van der Waals surface area contributed by atoms with Crippen molar-refractivity contribution in [1.29, 1.82) is 0 Å². The fourth-order valence-corrected chi connectivity index (χ4v) is 6.78. The van der Waals surface area contributed by atoms with Crippen LogP contribution >= 0.6 is 42.5 Å². The van der Waals surface area contributed by atoms with E-state index >= 15 is 0 Å². The molecule has 22 heteroatoms. The number of anilines is 1. The number of β-lactam (4-membered cyclic amide) rings is 1. The molecule has 0 spiro atoms. The lowest BCUT2D eigenvalue weighted by atomic mass is 10.0. The van der Waals surface area contributed by atoms with Crippen LogP contribution in [0.5, 0.6) is 0 Å². The molecule has 2 aromatic rings. The average molecular weight is 634 g/mol. The number of carboxylic acid groups (broad SMARTS) is 1. The maximum Gasteiger partial charge on any atom is 0.352 e. The Bertz CT molecular complexity index is 1440. The van der Waals surface area contributed by atoms with Gasteiger partial charge in [0, 0.05) is 23.9 Å². The largest absolute Gasteiger partial charge is 0.477 e. The van der Waals surface area contributed by atoms with Gasteiger partial charge in [0.05, 0.1) is 6.16 Å². The summed E-state index contributed by atoms with van der Waals surface area (Å²) in [5.74, 6) is -2.38. The van der Waals surface area contributed by atoms with Crippen LogP contribution in [0.1, 0.15) is 5.69 Å². The van der Waals surface area contributed by atoms with Crippen molar-refractivity contribution in [2.45, 2.75) is 16.6 Å². The van der Waals surface area contributed by atoms with Gasteiger partial charge in [0.15, 0.2) is 10.8 Å². The highest BCUT2D eigenvalue weighted by Crippen LogP contribution is 2.41. The van der Waals surface area contributed by atoms with E-state index in [9.17, 15) is 28.8 Å². The molecule has 3 amide bonds. The minimum Gasteiger partial charge on any atom is -0.477 e. The summed E-state index contributed by atoms with van der Waals surface area (Å²) in [5.41, 5.74) is -0.151. The molecule has 2 aliphatic heterocycles. The number of thiazole rings is 1. The number of amides is 3. The summed E-state index contributed by atoms with van der Waals surface area (Å²) >= 11 is 3.44. The van der Waals surface area contributed by atoms with E-state index in [2.05, 4.69) is 36.3 Å². The summed E-state index contributed by atoms with van der Waals surface area (Å²) in [4.78, 5) is 77.0. The Kier molecular flexibility index (Phi) is 9.21. The van der Waals surface area contributed by atoms with Crippen LogP contribution in [0, 0.1) is 0 Å². The monoisotopic (exact) mass is 633 g/mol. The van der Waals surface area contributed by atoms with Crippen LogP contribution in [0.25, 0.3) is 0 Å². The van der Waals surface area contributed by atoms with E-state index in [1.54, 1.807) is 7.05 Å². The lowest BCUT2D eigenvalue weighted by Crippen LogP contribution is -2.71. The Hall–Kier alpha value is -3.36. The van der Waals surface area contributed by atoms with Crippen molar-refractivity contribution >= 4 is 77.5 Å². The van der Waals surface area contributed by atoms with Gasteiger partial charge in [0.25, 0.3) is 11.8 Å². The van der Waals surface area contributed by atoms with Gasteiger partial charge in [-0.1, -0.05) is 16.9 Å². The highest BCUT2D eigenvalue weighted by Gasteiger charge is 2.54. The number of thioether (sulfide) groups is 2. The molecule has 2 aromatic heterocycles. The summed E-state index contributed by atoms with van der Waals surface area (Å²) in [6, 6.07) is -1.10. The highest BCUT2D eigenvalue weighted by molar-refractivity contribution is 8.01. The van der Waals surface area contributed by atoms with Crippen molar-refractivity contribution in [3.8, 4) is 0 Å². The first kappa shape index (κ1) is 29.6. The molecule has 2 atom stereocenters. The molecular formula is C18H20N9O9PS3. The lowest BCUT2D eigenvalue weighted by Gasteiger charge is -2.49. The molecule has 5 N–H and O–H groups in total. The van der Waals surface area contributed by atoms with Gasteiger partial charge in [-0.3, -0.25) is 23.8 Å². The number of tetrazole rings is 1. The Morgan fingerprint density at radius 3 is 2.83 bits per heavy atom. The molecule has 1 saturated heterocycles. The fraction of sp³-hybridized carbons (Fsp3) is 0.389. The van der Waals surface area contributed by atoms with E-state index in [4.69, 9.17) is 14.6 Å². The van der Waals surface area contributed by atoms with Gasteiger partial charge in [0.2, 0.25) is 11.6 Å². The van der Waals surface area contributed by atoms with E-state index in [-0.39, 0.29) is 28.0 Å². The Labute approximate surface area is 236 Å². The fourth-order valence-electron chi connectivity index (χ4n) is 3.47. The van der Waals surface area contributed by atoms with Gasteiger partial charge < -0.3 is 30.4 Å². The number of hydrogen-bond acceptors (Lipinski definition) is 14. The molecule has 1 fully saturated rings. The number of carboxylic acids is 1. The second-order valence-corrected chi connectivity index (χ2v) is 12.6. The number of carbonyl (C=O) groups excluding carboxylic acids is 3. The minimum absolute atomic E-state index is 0.0355. The average Bonchev–Trinajstić information content (AvgIpc) is 3.53. The van der Waals surface area contributed by atoms with Crippen LogP contribution in [0.2, 0.25) is 0 Å². The number of hydrogen-bond donors (Lipinski definition) is 5. The molecule has 0 aromatic carbocycles. The summed E-state index contributed by atoms with van der Waals surface area (Å²) in [7, 11) is -2.75. The van der Waals surface area contributed by atoms with Crippen molar-refractivity contribution in [2.75, 3.05) is 29.6 Å². The maximum atomic E-state index is 13.1. The van der Waals surface area contributed by atoms with Gasteiger partial charge in [-0.2, -0.15) is 0 Å².